The standard InChI is InChI=1S/C30H25N5OS/c1-20-19-37-30(32-28-21(2)33(3)35(29(28)36)24-13-5-4-6-14-24)34(20)31-18-27-25-15-9-7-11-22(25)17-23-12-8-10-16-26(23)27/h4-19H,1-3H3. The van der Waals surface area contributed by atoms with Crippen molar-refractivity contribution in [2.24, 2.45) is 17.1 Å². The van der Waals surface area contributed by atoms with Gasteiger partial charge in [0.1, 0.15) is 0 Å². The van der Waals surface area contributed by atoms with Crippen LogP contribution in [-0.2, 0) is 7.05 Å². The molecule has 6 rings (SSSR count). The van der Waals surface area contributed by atoms with Crippen molar-refractivity contribution in [1.82, 2.24) is 14.0 Å². The van der Waals surface area contributed by atoms with Gasteiger partial charge in [0, 0.05) is 18.0 Å². The van der Waals surface area contributed by atoms with Crippen molar-refractivity contribution in [3.63, 3.8) is 0 Å². The summed E-state index contributed by atoms with van der Waals surface area (Å²) in [6, 6.07) is 28.5. The number of nitrogens with zero attached hydrogens (tertiary/aromatic N) is 5. The van der Waals surface area contributed by atoms with Crippen LogP contribution >= 0.6 is 11.3 Å². The van der Waals surface area contributed by atoms with Crippen LogP contribution < -0.4 is 10.4 Å². The molecule has 182 valence electrons. The van der Waals surface area contributed by atoms with E-state index in [9.17, 15) is 4.79 Å². The van der Waals surface area contributed by atoms with Gasteiger partial charge in [0.05, 0.1) is 23.3 Å². The highest BCUT2D eigenvalue weighted by Gasteiger charge is 2.16. The van der Waals surface area contributed by atoms with Gasteiger partial charge in [0.25, 0.3) is 5.56 Å². The van der Waals surface area contributed by atoms with Gasteiger partial charge in [-0.15, -0.1) is 11.3 Å². The normalized spacial score (nSPS) is 12.4. The van der Waals surface area contributed by atoms with Crippen molar-refractivity contribution in [2.75, 3.05) is 0 Å². The van der Waals surface area contributed by atoms with Gasteiger partial charge >= 0.3 is 0 Å². The van der Waals surface area contributed by atoms with Gasteiger partial charge in [-0.05, 0) is 53.6 Å². The van der Waals surface area contributed by atoms with E-state index >= 15 is 0 Å². The molecule has 0 spiro atoms. The van der Waals surface area contributed by atoms with E-state index in [4.69, 9.17) is 10.1 Å². The molecule has 0 fully saturated rings. The van der Waals surface area contributed by atoms with Crippen LogP contribution in [0.3, 0.4) is 0 Å². The summed E-state index contributed by atoms with van der Waals surface area (Å²) in [6.45, 7) is 3.91. The Morgan fingerprint density at radius 3 is 2.14 bits per heavy atom. The monoisotopic (exact) mass is 503 g/mol. The molecule has 6 nitrogen and oxygen atoms in total. The first kappa shape index (κ1) is 22.9. The lowest BCUT2D eigenvalue weighted by molar-refractivity contribution is 0.630. The van der Waals surface area contributed by atoms with Crippen molar-refractivity contribution >= 4 is 44.8 Å². The van der Waals surface area contributed by atoms with Crippen molar-refractivity contribution < 1.29 is 0 Å². The van der Waals surface area contributed by atoms with E-state index in [-0.39, 0.29) is 5.56 Å². The molecule has 0 amide bonds. The lowest BCUT2D eigenvalue weighted by Crippen LogP contribution is -2.19. The van der Waals surface area contributed by atoms with Crippen LogP contribution in [0.15, 0.2) is 105 Å². The highest BCUT2D eigenvalue weighted by atomic mass is 32.1. The predicted molar refractivity (Wildman–Crippen MR) is 152 cm³/mol. The van der Waals surface area contributed by atoms with Gasteiger partial charge in [-0.1, -0.05) is 66.7 Å². The molecule has 0 aliphatic carbocycles. The average molecular weight is 504 g/mol. The number of para-hydroxylation sites is 1. The van der Waals surface area contributed by atoms with E-state index < -0.39 is 0 Å². The molecule has 0 bridgehead atoms. The second-order valence-corrected chi connectivity index (χ2v) is 9.81. The SMILES string of the molecule is Cc1csc(=Nc2c(C)n(C)n(-c3ccccc3)c2=O)n1N=Cc1c2ccccc2cc2ccccc12. The zero-order valence-corrected chi connectivity index (χ0v) is 21.6. The predicted octanol–water partition coefficient (Wildman–Crippen LogP) is 6.08. The number of aromatic nitrogens is 3. The number of rotatable bonds is 4. The molecule has 0 unspecified atom stereocenters. The lowest BCUT2D eigenvalue weighted by Gasteiger charge is -2.08. The second kappa shape index (κ2) is 9.19. The molecule has 0 saturated carbocycles. The molecule has 37 heavy (non-hydrogen) atoms. The zero-order valence-electron chi connectivity index (χ0n) is 20.8. The smallest absolute Gasteiger partial charge is 0.283 e. The summed E-state index contributed by atoms with van der Waals surface area (Å²) in [5.74, 6) is 0. The molecule has 0 atom stereocenters. The first-order valence-electron chi connectivity index (χ1n) is 12.0. The van der Waals surface area contributed by atoms with Gasteiger partial charge in [0.2, 0.25) is 4.80 Å². The van der Waals surface area contributed by atoms with E-state index in [2.05, 4.69) is 42.5 Å². The van der Waals surface area contributed by atoms with Crippen molar-refractivity contribution in [2.45, 2.75) is 13.8 Å². The average Bonchev–Trinajstić information content (AvgIpc) is 3.37. The van der Waals surface area contributed by atoms with E-state index in [0.29, 0.717) is 10.5 Å². The van der Waals surface area contributed by atoms with Crippen LogP contribution in [0.1, 0.15) is 17.0 Å². The van der Waals surface area contributed by atoms with Crippen molar-refractivity contribution in [1.29, 1.82) is 0 Å². The van der Waals surface area contributed by atoms with Gasteiger partial charge in [0.15, 0.2) is 5.69 Å². The fraction of sp³-hybridized carbons (Fsp3) is 0.100. The van der Waals surface area contributed by atoms with Crippen LogP contribution in [0.5, 0.6) is 0 Å². The van der Waals surface area contributed by atoms with Gasteiger partial charge in [-0.25, -0.2) is 14.4 Å². The fourth-order valence-electron chi connectivity index (χ4n) is 4.68. The summed E-state index contributed by atoms with van der Waals surface area (Å²) in [4.78, 5) is 18.9. The molecule has 0 N–H and O–H groups in total. The third kappa shape index (κ3) is 3.93. The quantitative estimate of drug-likeness (QED) is 0.213. The molecule has 0 aliphatic rings. The Hall–Kier alpha value is -4.49. The number of aryl methyl sites for hydroxylation is 1. The zero-order chi connectivity index (χ0) is 25.5. The van der Waals surface area contributed by atoms with Crippen LogP contribution in [0, 0.1) is 13.8 Å². The molecule has 0 aliphatic heterocycles. The van der Waals surface area contributed by atoms with Crippen molar-refractivity contribution in [3.8, 4) is 5.69 Å². The Kier molecular flexibility index (Phi) is 5.70. The minimum Gasteiger partial charge on any atom is -0.283 e. The van der Waals surface area contributed by atoms with Crippen molar-refractivity contribution in [3.05, 3.63) is 122 Å². The molecular formula is C30H25N5OS. The number of thiazole rings is 1. The Balaban J connectivity index is 1.51. The molecule has 6 aromatic rings. The van der Waals surface area contributed by atoms with E-state index in [0.717, 1.165) is 33.4 Å². The minimum absolute atomic E-state index is 0.159. The minimum atomic E-state index is -0.159. The highest BCUT2D eigenvalue weighted by molar-refractivity contribution is 7.07. The summed E-state index contributed by atoms with van der Waals surface area (Å²) in [6.07, 6.45) is 1.91. The van der Waals surface area contributed by atoms with E-state index in [1.807, 2.05) is 79.6 Å². The molecule has 2 aromatic heterocycles. The fourth-order valence-corrected chi connectivity index (χ4v) is 5.50. The lowest BCUT2D eigenvalue weighted by atomic mass is 9.97. The molecule has 0 saturated heterocycles. The number of fused-ring (bicyclic) bond motifs is 2. The summed E-state index contributed by atoms with van der Waals surface area (Å²) in [5, 5.41) is 11.5. The number of benzene rings is 4. The van der Waals surface area contributed by atoms with Gasteiger partial charge in [-0.3, -0.25) is 9.48 Å². The molecule has 2 heterocycles. The first-order valence-corrected chi connectivity index (χ1v) is 12.9. The van der Waals surface area contributed by atoms with Gasteiger partial charge in [-0.2, -0.15) is 5.10 Å². The van der Waals surface area contributed by atoms with E-state index in [1.165, 1.54) is 22.1 Å². The molecular weight excluding hydrogens is 478 g/mol. The maximum atomic E-state index is 13.4. The largest absolute Gasteiger partial charge is 0.297 e. The van der Waals surface area contributed by atoms with Crippen LogP contribution in [-0.4, -0.2) is 20.3 Å². The maximum Gasteiger partial charge on any atom is 0.297 e. The Morgan fingerprint density at radius 1 is 0.838 bits per heavy atom. The first-order chi connectivity index (χ1) is 18.0. The third-order valence-corrected chi connectivity index (χ3v) is 7.63. The summed E-state index contributed by atoms with van der Waals surface area (Å²) >= 11 is 1.47. The van der Waals surface area contributed by atoms with Gasteiger partial charge < -0.3 is 0 Å². The summed E-state index contributed by atoms with van der Waals surface area (Å²) in [7, 11) is 1.88. The van der Waals surface area contributed by atoms with Crippen LogP contribution in [0.4, 0.5) is 5.69 Å². The third-order valence-electron chi connectivity index (χ3n) is 6.70. The van der Waals surface area contributed by atoms with E-state index in [1.54, 1.807) is 9.36 Å². The highest BCUT2D eigenvalue weighted by Crippen LogP contribution is 2.27. The summed E-state index contributed by atoms with van der Waals surface area (Å²) < 4.78 is 5.29. The molecule has 0 radical (unpaired) electrons. The topological polar surface area (TPSA) is 56.6 Å². The summed E-state index contributed by atoms with van der Waals surface area (Å²) in [5.41, 5.74) is 3.84. The number of hydrogen-bond acceptors (Lipinski definition) is 4. The maximum absolute atomic E-state index is 13.4. The van der Waals surface area contributed by atoms with Crippen LogP contribution in [0.2, 0.25) is 0 Å². The molecule has 7 heteroatoms. The molecule has 4 aromatic carbocycles. The Bertz CT molecular complexity index is 1880. The number of hydrogen-bond donors (Lipinski definition) is 0. The second-order valence-electron chi connectivity index (χ2n) is 8.97. The Labute approximate surface area is 217 Å². The Morgan fingerprint density at radius 2 is 1.46 bits per heavy atom. The van der Waals surface area contributed by atoms with Crippen LogP contribution in [0.25, 0.3) is 27.2 Å².